The number of furan rings is 1. The van der Waals surface area contributed by atoms with Crippen molar-refractivity contribution in [3.8, 4) is 0 Å². The van der Waals surface area contributed by atoms with Crippen LogP contribution in [-0.2, 0) is 0 Å². The summed E-state index contributed by atoms with van der Waals surface area (Å²) in [6.45, 7) is 8.50. The van der Waals surface area contributed by atoms with Crippen molar-refractivity contribution < 1.29 is 4.42 Å². The van der Waals surface area contributed by atoms with Gasteiger partial charge in [0.2, 0.25) is 0 Å². The highest BCUT2D eigenvalue weighted by Crippen LogP contribution is 2.21. The third kappa shape index (κ3) is 2.45. The second-order valence-corrected chi connectivity index (χ2v) is 4.28. The van der Waals surface area contributed by atoms with Crippen LogP contribution in [-0.4, -0.2) is 49.1 Å². The van der Waals surface area contributed by atoms with E-state index in [0.717, 1.165) is 32.7 Å². The number of rotatable bonds is 4. The van der Waals surface area contributed by atoms with Crippen LogP contribution in [0.25, 0.3) is 0 Å². The fraction of sp³-hybridized carbons (Fsp3) is 0.667. The summed E-state index contributed by atoms with van der Waals surface area (Å²) in [6, 6.07) is 2.33. The number of hydrogen-bond acceptors (Lipinski definition) is 4. The molecule has 4 nitrogen and oxygen atoms in total. The van der Waals surface area contributed by atoms with E-state index < -0.39 is 0 Å². The third-order valence-electron chi connectivity index (χ3n) is 3.45. The standard InChI is InChI=1S/C12H21N3O/c1-2-14-4-6-15(7-5-14)12(9-13)11-3-8-16-10-11/h3,8,10,12H,2,4-7,9,13H2,1H3. The summed E-state index contributed by atoms with van der Waals surface area (Å²) in [5.74, 6) is 0. The second kappa shape index (κ2) is 5.48. The summed E-state index contributed by atoms with van der Waals surface area (Å²) in [5, 5.41) is 0. The average Bonchev–Trinajstić information content (AvgIpc) is 2.85. The smallest absolute Gasteiger partial charge is 0.0950 e. The first-order valence-electron chi connectivity index (χ1n) is 6.03. The van der Waals surface area contributed by atoms with Crippen LogP contribution in [0, 0.1) is 0 Å². The molecule has 0 spiro atoms. The Balaban J connectivity index is 1.96. The molecule has 2 heterocycles. The van der Waals surface area contributed by atoms with Crippen LogP contribution < -0.4 is 5.73 Å². The van der Waals surface area contributed by atoms with E-state index in [1.54, 1.807) is 6.26 Å². The van der Waals surface area contributed by atoms with Gasteiger partial charge in [-0.15, -0.1) is 0 Å². The van der Waals surface area contributed by atoms with Gasteiger partial charge in [-0.1, -0.05) is 6.92 Å². The molecule has 4 heteroatoms. The van der Waals surface area contributed by atoms with Crippen molar-refractivity contribution in [1.29, 1.82) is 0 Å². The zero-order chi connectivity index (χ0) is 11.4. The Morgan fingerprint density at radius 3 is 2.62 bits per heavy atom. The van der Waals surface area contributed by atoms with Crippen LogP contribution in [0.3, 0.4) is 0 Å². The molecule has 0 saturated carbocycles. The van der Waals surface area contributed by atoms with Gasteiger partial charge in [-0.25, -0.2) is 0 Å². The number of hydrogen-bond donors (Lipinski definition) is 1. The minimum atomic E-state index is 0.317. The number of nitrogens with two attached hydrogens (primary N) is 1. The maximum atomic E-state index is 5.87. The van der Waals surface area contributed by atoms with Crippen LogP contribution in [0.1, 0.15) is 18.5 Å². The summed E-state index contributed by atoms with van der Waals surface area (Å²) in [7, 11) is 0. The largest absolute Gasteiger partial charge is 0.472 e. The van der Waals surface area contributed by atoms with Crippen molar-refractivity contribution in [2.75, 3.05) is 39.3 Å². The van der Waals surface area contributed by atoms with Crippen molar-refractivity contribution in [1.82, 2.24) is 9.80 Å². The molecule has 1 aliphatic rings. The minimum Gasteiger partial charge on any atom is -0.472 e. The van der Waals surface area contributed by atoms with E-state index in [0.29, 0.717) is 12.6 Å². The molecule has 0 aliphatic carbocycles. The Bertz CT molecular complexity index is 291. The van der Waals surface area contributed by atoms with Gasteiger partial charge in [-0.3, -0.25) is 4.90 Å². The van der Waals surface area contributed by atoms with Gasteiger partial charge < -0.3 is 15.1 Å². The van der Waals surface area contributed by atoms with Crippen LogP contribution in [0.5, 0.6) is 0 Å². The molecule has 0 bridgehead atoms. The Morgan fingerprint density at radius 2 is 2.12 bits per heavy atom. The van der Waals surface area contributed by atoms with Gasteiger partial charge in [0.25, 0.3) is 0 Å². The van der Waals surface area contributed by atoms with E-state index in [-0.39, 0.29) is 0 Å². The molecule has 16 heavy (non-hydrogen) atoms. The SMILES string of the molecule is CCN1CCN(C(CN)c2ccoc2)CC1. The highest BCUT2D eigenvalue weighted by atomic mass is 16.3. The highest BCUT2D eigenvalue weighted by Gasteiger charge is 2.23. The van der Waals surface area contributed by atoms with Crippen molar-refractivity contribution in [2.45, 2.75) is 13.0 Å². The predicted octanol–water partition coefficient (Wildman–Crippen LogP) is 0.917. The molecule has 1 saturated heterocycles. The van der Waals surface area contributed by atoms with Crippen molar-refractivity contribution in [3.63, 3.8) is 0 Å². The van der Waals surface area contributed by atoms with Gasteiger partial charge in [0, 0.05) is 38.3 Å². The molecule has 1 aromatic heterocycles. The van der Waals surface area contributed by atoms with Gasteiger partial charge >= 0.3 is 0 Å². The molecule has 0 radical (unpaired) electrons. The van der Waals surface area contributed by atoms with E-state index in [4.69, 9.17) is 10.2 Å². The first kappa shape index (κ1) is 11.6. The van der Waals surface area contributed by atoms with Crippen LogP contribution in [0.15, 0.2) is 23.0 Å². The lowest BCUT2D eigenvalue weighted by molar-refractivity contribution is 0.102. The average molecular weight is 223 g/mol. The summed E-state index contributed by atoms with van der Waals surface area (Å²) in [5.41, 5.74) is 7.07. The molecule has 2 N–H and O–H groups in total. The molecule has 1 aliphatic heterocycles. The number of piperazine rings is 1. The summed E-state index contributed by atoms with van der Waals surface area (Å²) < 4.78 is 5.14. The van der Waals surface area contributed by atoms with Crippen molar-refractivity contribution in [3.05, 3.63) is 24.2 Å². The van der Waals surface area contributed by atoms with Crippen LogP contribution >= 0.6 is 0 Å². The Kier molecular flexibility index (Phi) is 3.98. The maximum absolute atomic E-state index is 5.87. The quantitative estimate of drug-likeness (QED) is 0.824. The summed E-state index contributed by atoms with van der Waals surface area (Å²) in [4.78, 5) is 4.93. The van der Waals surface area contributed by atoms with E-state index in [2.05, 4.69) is 16.7 Å². The molecule has 1 aromatic rings. The molecule has 2 rings (SSSR count). The first-order valence-corrected chi connectivity index (χ1v) is 6.03. The van der Waals surface area contributed by atoms with Gasteiger partial charge in [0.15, 0.2) is 0 Å². The summed E-state index contributed by atoms with van der Waals surface area (Å²) >= 11 is 0. The molecule has 1 atom stereocenters. The first-order chi connectivity index (χ1) is 7.85. The van der Waals surface area contributed by atoms with Gasteiger partial charge in [0.05, 0.1) is 18.6 Å². The summed E-state index contributed by atoms with van der Waals surface area (Å²) in [6.07, 6.45) is 3.53. The van der Waals surface area contributed by atoms with E-state index in [9.17, 15) is 0 Å². The monoisotopic (exact) mass is 223 g/mol. The molecule has 0 aromatic carbocycles. The minimum absolute atomic E-state index is 0.317. The second-order valence-electron chi connectivity index (χ2n) is 4.28. The van der Waals surface area contributed by atoms with Crippen molar-refractivity contribution >= 4 is 0 Å². The molecule has 0 amide bonds. The highest BCUT2D eigenvalue weighted by molar-refractivity contribution is 5.12. The fourth-order valence-corrected chi connectivity index (χ4v) is 2.35. The van der Waals surface area contributed by atoms with E-state index >= 15 is 0 Å². The number of likely N-dealkylation sites (N-methyl/N-ethyl adjacent to an activating group) is 1. The topological polar surface area (TPSA) is 45.6 Å². The molecule has 1 fully saturated rings. The van der Waals surface area contributed by atoms with Gasteiger partial charge in [-0.2, -0.15) is 0 Å². The Morgan fingerprint density at radius 1 is 1.38 bits per heavy atom. The molecular weight excluding hydrogens is 202 g/mol. The predicted molar refractivity (Wildman–Crippen MR) is 64.2 cm³/mol. The van der Waals surface area contributed by atoms with Crippen LogP contribution in [0.2, 0.25) is 0 Å². The third-order valence-corrected chi connectivity index (χ3v) is 3.45. The fourth-order valence-electron chi connectivity index (χ4n) is 2.35. The zero-order valence-electron chi connectivity index (χ0n) is 9.93. The Hall–Kier alpha value is -0.840. The van der Waals surface area contributed by atoms with Gasteiger partial charge in [-0.05, 0) is 12.6 Å². The lowest BCUT2D eigenvalue weighted by Crippen LogP contribution is -2.48. The maximum Gasteiger partial charge on any atom is 0.0950 e. The zero-order valence-corrected chi connectivity index (χ0v) is 9.93. The van der Waals surface area contributed by atoms with Crippen LogP contribution in [0.4, 0.5) is 0 Å². The molecule has 90 valence electrons. The van der Waals surface area contributed by atoms with Gasteiger partial charge in [0.1, 0.15) is 0 Å². The normalized spacial score (nSPS) is 21.1. The van der Waals surface area contributed by atoms with E-state index in [1.807, 2.05) is 12.3 Å². The van der Waals surface area contributed by atoms with E-state index in [1.165, 1.54) is 5.56 Å². The van der Waals surface area contributed by atoms with Crippen molar-refractivity contribution in [2.24, 2.45) is 5.73 Å². The lowest BCUT2D eigenvalue weighted by atomic mass is 10.1. The molecular formula is C12H21N3O. The molecule has 1 unspecified atom stereocenters. The Labute approximate surface area is 97.0 Å². The number of nitrogens with zero attached hydrogens (tertiary/aromatic N) is 2. The lowest BCUT2D eigenvalue weighted by Gasteiger charge is -2.38.